The van der Waals surface area contributed by atoms with E-state index in [-0.39, 0.29) is 23.6 Å². The van der Waals surface area contributed by atoms with Crippen LogP contribution in [0.1, 0.15) is 64.4 Å². The Morgan fingerprint density at radius 2 is 1.90 bits per heavy atom. The highest BCUT2D eigenvalue weighted by molar-refractivity contribution is 6.06. The molecule has 0 radical (unpaired) electrons. The summed E-state index contributed by atoms with van der Waals surface area (Å²) >= 11 is 0. The number of hydrogen-bond donors (Lipinski definition) is 3. The highest BCUT2D eigenvalue weighted by Crippen LogP contribution is 2.32. The summed E-state index contributed by atoms with van der Waals surface area (Å²) in [6.07, 6.45) is 3.75. The molecule has 0 saturated heterocycles. The molecular formula is C27H30N6O7. The van der Waals surface area contributed by atoms with Crippen LogP contribution in [0.25, 0.3) is 5.52 Å². The van der Waals surface area contributed by atoms with Gasteiger partial charge in [-0.2, -0.15) is 5.10 Å². The lowest BCUT2D eigenvalue weighted by Crippen LogP contribution is -2.40. The average Bonchev–Trinajstić information content (AvgIpc) is 3.85. The minimum atomic E-state index is -1.37. The van der Waals surface area contributed by atoms with Crippen LogP contribution in [0.15, 0.2) is 30.7 Å². The molecule has 1 aromatic carbocycles. The highest BCUT2D eigenvalue weighted by atomic mass is 16.7. The number of anilines is 2. The molecule has 2 aliphatic carbocycles. The third kappa shape index (κ3) is 5.73. The van der Waals surface area contributed by atoms with Crippen LogP contribution in [0.5, 0.6) is 0 Å². The first-order valence-electron chi connectivity index (χ1n) is 13.0. The number of carbonyl (C=O) groups excluding carboxylic acids is 4. The summed E-state index contributed by atoms with van der Waals surface area (Å²) in [5, 5.41) is 19.7. The Kier molecular flexibility index (Phi) is 7.39. The molecule has 2 aromatic heterocycles. The lowest BCUT2D eigenvalue weighted by molar-refractivity contribution is -0.161. The van der Waals surface area contributed by atoms with Crippen molar-refractivity contribution in [3.8, 4) is 0 Å². The summed E-state index contributed by atoms with van der Waals surface area (Å²) in [7, 11) is 0. The number of fused-ring (bicyclic) bond motifs is 1. The van der Waals surface area contributed by atoms with Gasteiger partial charge in [0.05, 0.1) is 5.56 Å². The van der Waals surface area contributed by atoms with Crippen molar-refractivity contribution >= 4 is 40.9 Å². The van der Waals surface area contributed by atoms with Gasteiger partial charge >= 0.3 is 12.1 Å². The molecule has 13 nitrogen and oxygen atoms in total. The number of esters is 1. The minimum absolute atomic E-state index is 0.141. The molecule has 3 amide bonds. The van der Waals surface area contributed by atoms with E-state index in [1.54, 1.807) is 19.1 Å². The van der Waals surface area contributed by atoms with Gasteiger partial charge in [-0.25, -0.2) is 24.0 Å². The highest BCUT2D eigenvalue weighted by Gasteiger charge is 2.40. The number of aryl methyl sites for hydroxylation is 2. The first-order valence-corrected chi connectivity index (χ1v) is 13.0. The minimum Gasteiger partial charge on any atom is -0.426 e. The van der Waals surface area contributed by atoms with Gasteiger partial charge in [0.15, 0.2) is 5.82 Å². The van der Waals surface area contributed by atoms with Crippen molar-refractivity contribution in [2.24, 2.45) is 0 Å². The number of aliphatic hydroxyl groups is 1. The van der Waals surface area contributed by atoms with Crippen molar-refractivity contribution in [2.45, 2.75) is 64.6 Å². The van der Waals surface area contributed by atoms with Crippen molar-refractivity contribution in [1.29, 1.82) is 0 Å². The summed E-state index contributed by atoms with van der Waals surface area (Å²) in [4.78, 5) is 55.7. The quantitative estimate of drug-likeness (QED) is 0.266. The molecule has 0 bridgehead atoms. The van der Waals surface area contributed by atoms with Gasteiger partial charge < -0.3 is 25.2 Å². The Bertz CT molecular complexity index is 1490. The molecule has 2 aliphatic rings. The Morgan fingerprint density at radius 1 is 1.15 bits per heavy atom. The first kappa shape index (κ1) is 27.1. The molecule has 3 N–H and O–H groups in total. The van der Waals surface area contributed by atoms with E-state index >= 15 is 0 Å². The maximum Gasteiger partial charge on any atom is 0.419 e. The maximum absolute atomic E-state index is 13.6. The van der Waals surface area contributed by atoms with Crippen molar-refractivity contribution in [2.75, 3.05) is 12.1 Å². The summed E-state index contributed by atoms with van der Waals surface area (Å²) in [5.74, 6) is -1.26. The fourth-order valence-electron chi connectivity index (χ4n) is 4.18. The number of aliphatic hydroxyl groups excluding tert-OH is 1. The van der Waals surface area contributed by atoms with Gasteiger partial charge in [0.25, 0.3) is 11.8 Å². The van der Waals surface area contributed by atoms with Gasteiger partial charge in [-0.05, 0) is 69.7 Å². The van der Waals surface area contributed by atoms with Crippen LogP contribution in [-0.4, -0.2) is 73.5 Å². The van der Waals surface area contributed by atoms with E-state index in [2.05, 4.69) is 25.5 Å². The number of ether oxygens (including phenoxy) is 2. The Hall–Kier alpha value is -4.52. The predicted octanol–water partition coefficient (Wildman–Crippen LogP) is 2.60. The van der Waals surface area contributed by atoms with Crippen LogP contribution in [0.4, 0.5) is 16.3 Å². The number of imide groups is 1. The fourth-order valence-corrected chi connectivity index (χ4v) is 4.18. The van der Waals surface area contributed by atoms with E-state index in [4.69, 9.17) is 4.74 Å². The number of aromatic nitrogens is 3. The van der Waals surface area contributed by atoms with Crippen molar-refractivity contribution in [3.63, 3.8) is 0 Å². The summed E-state index contributed by atoms with van der Waals surface area (Å²) in [6, 6.07) is 5.26. The average molecular weight is 551 g/mol. The van der Waals surface area contributed by atoms with E-state index in [0.29, 0.717) is 41.0 Å². The lowest BCUT2D eigenvalue weighted by atomic mass is 10.1. The van der Waals surface area contributed by atoms with Crippen molar-refractivity contribution in [1.82, 2.24) is 24.8 Å². The van der Waals surface area contributed by atoms with Crippen LogP contribution >= 0.6 is 0 Å². The van der Waals surface area contributed by atoms with Gasteiger partial charge in [0.1, 0.15) is 17.9 Å². The van der Waals surface area contributed by atoms with E-state index < -0.39 is 30.9 Å². The zero-order valence-electron chi connectivity index (χ0n) is 22.3. The van der Waals surface area contributed by atoms with Gasteiger partial charge in [0, 0.05) is 29.5 Å². The second kappa shape index (κ2) is 10.9. The van der Waals surface area contributed by atoms with E-state index in [1.165, 1.54) is 24.0 Å². The SMILES string of the molecule is Cc1ccc(C(=O)NC2CC2)cc1Nc1ncnn2cc(C(=O)N(C(=O)OCOC(=O)C(C)O)C3CC3)c(C)c12. The summed E-state index contributed by atoms with van der Waals surface area (Å²) in [6.45, 7) is 4.12. The van der Waals surface area contributed by atoms with Crippen LogP contribution in [-0.2, 0) is 14.3 Å². The Morgan fingerprint density at radius 3 is 2.58 bits per heavy atom. The molecule has 2 heterocycles. The topological polar surface area (TPSA) is 164 Å². The molecule has 5 rings (SSSR count). The van der Waals surface area contributed by atoms with Gasteiger partial charge in [-0.1, -0.05) is 6.07 Å². The first-order chi connectivity index (χ1) is 19.1. The number of carbonyl (C=O) groups is 4. The molecule has 2 saturated carbocycles. The molecule has 3 aromatic rings. The van der Waals surface area contributed by atoms with Gasteiger partial charge in [0.2, 0.25) is 6.79 Å². The number of nitrogens with one attached hydrogen (secondary N) is 2. The molecule has 0 spiro atoms. The zero-order chi connectivity index (χ0) is 28.6. The molecular weight excluding hydrogens is 520 g/mol. The summed E-state index contributed by atoms with van der Waals surface area (Å²) in [5.41, 5.74) is 3.36. The second-order valence-electron chi connectivity index (χ2n) is 10.0. The molecule has 0 aliphatic heterocycles. The van der Waals surface area contributed by atoms with Gasteiger partial charge in [-0.3, -0.25) is 9.59 Å². The molecule has 2 fully saturated rings. The zero-order valence-corrected chi connectivity index (χ0v) is 22.3. The monoisotopic (exact) mass is 550 g/mol. The smallest absolute Gasteiger partial charge is 0.419 e. The van der Waals surface area contributed by atoms with Gasteiger partial charge in [-0.15, -0.1) is 0 Å². The number of amides is 3. The molecule has 13 heteroatoms. The Balaban J connectivity index is 1.38. The van der Waals surface area contributed by atoms with Crippen molar-refractivity contribution < 1.29 is 33.8 Å². The van der Waals surface area contributed by atoms with Crippen LogP contribution in [0.3, 0.4) is 0 Å². The summed E-state index contributed by atoms with van der Waals surface area (Å²) < 4.78 is 11.2. The van der Waals surface area contributed by atoms with E-state index in [1.807, 2.05) is 13.0 Å². The number of rotatable bonds is 9. The molecule has 1 unspecified atom stereocenters. The number of hydrogen-bond acceptors (Lipinski definition) is 10. The van der Waals surface area contributed by atoms with Crippen LogP contribution in [0, 0.1) is 13.8 Å². The normalized spacial score (nSPS) is 15.3. The standard InChI is InChI=1S/C27H30N6O7/c1-14-4-5-17(24(35)30-18-6-7-18)10-21(14)31-23-22-15(2)20(11-32(22)29-12-28-23)25(36)33(19-8-9-19)27(38)40-13-39-26(37)16(3)34/h4-5,10-12,16,18-19,34H,6-9,13H2,1-3H3,(H,30,35)(H,28,29,31). The maximum atomic E-state index is 13.6. The van der Waals surface area contributed by atoms with E-state index in [9.17, 15) is 24.3 Å². The van der Waals surface area contributed by atoms with Crippen LogP contribution in [0.2, 0.25) is 0 Å². The third-order valence-corrected chi connectivity index (χ3v) is 6.77. The molecule has 40 heavy (non-hydrogen) atoms. The van der Waals surface area contributed by atoms with E-state index in [0.717, 1.165) is 23.3 Å². The van der Waals surface area contributed by atoms with Crippen LogP contribution < -0.4 is 10.6 Å². The van der Waals surface area contributed by atoms with Crippen molar-refractivity contribution in [3.05, 3.63) is 53.0 Å². The molecule has 210 valence electrons. The number of benzene rings is 1. The largest absolute Gasteiger partial charge is 0.426 e. The Labute approximate surface area is 229 Å². The number of nitrogens with zero attached hydrogens (tertiary/aromatic N) is 4. The lowest BCUT2D eigenvalue weighted by Gasteiger charge is -2.20. The third-order valence-electron chi connectivity index (χ3n) is 6.77. The fraction of sp³-hybridized carbons (Fsp3) is 0.407. The second-order valence-corrected chi connectivity index (χ2v) is 10.0. The molecule has 1 atom stereocenters. The predicted molar refractivity (Wildman–Crippen MR) is 141 cm³/mol.